The summed E-state index contributed by atoms with van der Waals surface area (Å²) in [6.07, 6.45) is 1.43. The Morgan fingerprint density at radius 1 is 1.38 bits per heavy atom. The molecule has 1 atom stereocenters. The summed E-state index contributed by atoms with van der Waals surface area (Å²) < 4.78 is 6.00. The van der Waals surface area contributed by atoms with E-state index in [0.29, 0.717) is 23.3 Å². The van der Waals surface area contributed by atoms with Crippen LogP contribution in [0.4, 0.5) is 0 Å². The molecule has 6 heteroatoms. The molecule has 0 radical (unpaired) electrons. The van der Waals surface area contributed by atoms with Crippen LogP contribution in [0.3, 0.4) is 0 Å². The third-order valence-corrected chi connectivity index (χ3v) is 3.57. The van der Waals surface area contributed by atoms with Gasteiger partial charge < -0.3 is 9.64 Å². The van der Waals surface area contributed by atoms with Gasteiger partial charge in [0.1, 0.15) is 21.9 Å². The highest BCUT2D eigenvalue weighted by Crippen LogP contribution is 2.23. The minimum Gasteiger partial charge on any atom is -0.458 e. The Morgan fingerprint density at radius 2 is 2.10 bits per heavy atom. The fourth-order valence-electron chi connectivity index (χ4n) is 2.30. The largest absolute Gasteiger partial charge is 0.458 e. The summed E-state index contributed by atoms with van der Waals surface area (Å²) in [5.74, 6) is -0.576. The second-order valence-corrected chi connectivity index (χ2v) is 6.85. The SMILES string of the molecule is CC(C)(C)OC(=O)[C@@H]1CCCN1C(=O)c1cccc(Br)n1. The number of halogens is 1. The molecular weight excluding hydrogens is 336 g/mol. The molecule has 0 spiro atoms. The fourth-order valence-corrected chi connectivity index (χ4v) is 2.64. The molecule has 1 aromatic heterocycles. The molecule has 0 saturated carbocycles. The van der Waals surface area contributed by atoms with Crippen molar-refractivity contribution in [2.24, 2.45) is 0 Å². The molecule has 114 valence electrons. The van der Waals surface area contributed by atoms with Gasteiger partial charge in [-0.3, -0.25) is 4.79 Å². The Labute approximate surface area is 132 Å². The van der Waals surface area contributed by atoms with Crippen LogP contribution in [0.15, 0.2) is 22.8 Å². The standard InChI is InChI=1S/C15H19BrN2O3/c1-15(2,3)21-14(20)11-7-5-9-18(11)13(19)10-6-4-8-12(16)17-10/h4,6,8,11H,5,7,9H2,1-3H3/t11-/m0/s1. The Kier molecular flexibility index (Phi) is 4.66. The Hall–Kier alpha value is -1.43. The summed E-state index contributed by atoms with van der Waals surface area (Å²) in [4.78, 5) is 30.5. The molecule has 0 aromatic carbocycles. The maximum absolute atomic E-state index is 12.5. The van der Waals surface area contributed by atoms with Crippen molar-refractivity contribution in [3.63, 3.8) is 0 Å². The number of carbonyl (C=O) groups excluding carboxylic acids is 2. The van der Waals surface area contributed by atoms with Gasteiger partial charge >= 0.3 is 5.97 Å². The number of carbonyl (C=O) groups is 2. The number of pyridine rings is 1. The van der Waals surface area contributed by atoms with Crippen LogP contribution in [0.25, 0.3) is 0 Å². The molecule has 1 amide bonds. The van der Waals surface area contributed by atoms with Crippen LogP contribution in [0.2, 0.25) is 0 Å². The lowest BCUT2D eigenvalue weighted by atomic mass is 10.1. The lowest BCUT2D eigenvalue weighted by Gasteiger charge is -2.27. The zero-order valence-electron chi connectivity index (χ0n) is 12.4. The highest BCUT2D eigenvalue weighted by atomic mass is 79.9. The number of amides is 1. The molecule has 0 N–H and O–H groups in total. The molecule has 1 fully saturated rings. The first-order chi connectivity index (χ1) is 9.78. The lowest BCUT2D eigenvalue weighted by Crippen LogP contribution is -2.43. The molecule has 0 bridgehead atoms. The molecule has 21 heavy (non-hydrogen) atoms. The average molecular weight is 355 g/mol. The van der Waals surface area contributed by atoms with Gasteiger partial charge in [0.2, 0.25) is 0 Å². The number of aromatic nitrogens is 1. The van der Waals surface area contributed by atoms with E-state index >= 15 is 0 Å². The van der Waals surface area contributed by atoms with Gasteiger partial charge in [0.05, 0.1) is 0 Å². The van der Waals surface area contributed by atoms with Crippen molar-refractivity contribution < 1.29 is 14.3 Å². The molecular formula is C15H19BrN2O3. The van der Waals surface area contributed by atoms with Crippen molar-refractivity contribution in [1.82, 2.24) is 9.88 Å². The molecule has 1 aliphatic heterocycles. The van der Waals surface area contributed by atoms with E-state index in [-0.39, 0.29) is 11.9 Å². The number of hydrogen-bond acceptors (Lipinski definition) is 4. The molecule has 1 aliphatic rings. The van der Waals surface area contributed by atoms with Crippen LogP contribution in [-0.4, -0.2) is 39.9 Å². The van der Waals surface area contributed by atoms with Crippen molar-refractivity contribution in [3.8, 4) is 0 Å². The van der Waals surface area contributed by atoms with Crippen molar-refractivity contribution >= 4 is 27.8 Å². The second kappa shape index (κ2) is 6.13. The summed E-state index contributed by atoms with van der Waals surface area (Å²) in [6, 6.07) is 4.64. The van der Waals surface area contributed by atoms with Gasteiger partial charge in [-0.25, -0.2) is 9.78 Å². The Bertz CT molecular complexity index is 554. The normalized spacial score (nSPS) is 18.7. The van der Waals surface area contributed by atoms with E-state index in [1.165, 1.54) is 0 Å². The number of ether oxygens (including phenoxy) is 1. The van der Waals surface area contributed by atoms with E-state index in [2.05, 4.69) is 20.9 Å². The zero-order valence-corrected chi connectivity index (χ0v) is 14.0. The van der Waals surface area contributed by atoms with E-state index in [9.17, 15) is 9.59 Å². The minimum absolute atomic E-state index is 0.232. The molecule has 2 heterocycles. The Balaban J connectivity index is 2.15. The van der Waals surface area contributed by atoms with Crippen LogP contribution >= 0.6 is 15.9 Å². The van der Waals surface area contributed by atoms with Crippen LogP contribution in [0.5, 0.6) is 0 Å². The number of hydrogen-bond donors (Lipinski definition) is 0. The van der Waals surface area contributed by atoms with Gasteiger partial charge in [-0.2, -0.15) is 0 Å². The Morgan fingerprint density at radius 3 is 2.71 bits per heavy atom. The predicted octanol–water partition coefficient (Wildman–Crippen LogP) is 2.79. The monoisotopic (exact) mass is 354 g/mol. The summed E-state index contributed by atoms with van der Waals surface area (Å²) in [5, 5.41) is 0. The molecule has 5 nitrogen and oxygen atoms in total. The first-order valence-corrected chi connectivity index (χ1v) is 7.73. The minimum atomic E-state index is -0.553. The van der Waals surface area contributed by atoms with Crippen LogP contribution in [-0.2, 0) is 9.53 Å². The molecule has 2 rings (SSSR count). The first-order valence-electron chi connectivity index (χ1n) is 6.94. The third kappa shape index (κ3) is 4.03. The van der Waals surface area contributed by atoms with Gasteiger partial charge in [-0.05, 0) is 61.7 Å². The highest BCUT2D eigenvalue weighted by molar-refractivity contribution is 9.10. The summed E-state index contributed by atoms with van der Waals surface area (Å²) in [7, 11) is 0. The molecule has 0 aliphatic carbocycles. The van der Waals surface area contributed by atoms with Crippen molar-refractivity contribution in [1.29, 1.82) is 0 Å². The number of rotatable bonds is 2. The van der Waals surface area contributed by atoms with Crippen molar-refractivity contribution in [2.75, 3.05) is 6.54 Å². The van der Waals surface area contributed by atoms with E-state index in [0.717, 1.165) is 6.42 Å². The average Bonchev–Trinajstić information content (AvgIpc) is 2.85. The predicted molar refractivity (Wildman–Crippen MR) is 81.8 cm³/mol. The van der Waals surface area contributed by atoms with Gasteiger partial charge in [0, 0.05) is 6.54 Å². The summed E-state index contributed by atoms with van der Waals surface area (Å²) in [5.41, 5.74) is -0.220. The van der Waals surface area contributed by atoms with Crippen LogP contribution in [0.1, 0.15) is 44.1 Å². The molecule has 0 unspecified atom stereocenters. The summed E-state index contributed by atoms with van der Waals surface area (Å²) >= 11 is 3.25. The molecule has 1 aromatic rings. The third-order valence-electron chi connectivity index (χ3n) is 3.13. The quantitative estimate of drug-likeness (QED) is 0.605. The number of likely N-dealkylation sites (tertiary alicyclic amines) is 1. The zero-order chi connectivity index (χ0) is 15.6. The van der Waals surface area contributed by atoms with E-state index < -0.39 is 11.6 Å². The van der Waals surface area contributed by atoms with Gasteiger partial charge in [0.25, 0.3) is 5.91 Å². The smallest absolute Gasteiger partial charge is 0.329 e. The number of esters is 1. The second-order valence-electron chi connectivity index (χ2n) is 6.04. The number of nitrogens with zero attached hydrogens (tertiary/aromatic N) is 2. The first kappa shape index (κ1) is 15.9. The van der Waals surface area contributed by atoms with E-state index in [1.807, 2.05) is 20.8 Å². The van der Waals surface area contributed by atoms with Crippen LogP contribution in [0, 0.1) is 0 Å². The van der Waals surface area contributed by atoms with Crippen molar-refractivity contribution in [2.45, 2.75) is 45.3 Å². The van der Waals surface area contributed by atoms with E-state index in [4.69, 9.17) is 4.74 Å². The maximum atomic E-state index is 12.5. The highest BCUT2D eigenvalue weighted by Gasteiger charge is 2.37. The van der Waals surface area contributed by atoms with Crippen LogP contribution < -0.4 is 0 Å². The lowest BCUT2D eigenvalue weighted by molar-refractivity contribution is -0.159. The maximum Gasteiger partial charge on any atom is 0.329 e. The van der Waals surface area contributed by atoms with Gasteiger partial charge in [-0.1, -0.05) is 6.07 Å². The fraction of sp³-hybridized carbons (Fsp3) is 0.533. The van der Waals surface area contributed by atoms with Gasteiger partial charge in [0.15, 0.2) is 0 Å². The van der Waals surface area contributed by atoms with Crippen molar-refractivity contribution in [3.05, 3.63) is 28.5 Å². The molecule has 1 saturated heterocycles. The summed E-state index contributed by atoms with van der Waals surface area (Å²) in [6.45, 7) is 6.02. The van der Waals surface area contributed by atoms with E-state index in [1.54, 1.807) is 23.1 Å². The topological polar surface area (TPSA) is 59.5 Å². The van der Waals surface area contributed by atoms with Gasteiger partial charge in [-0.15, -0.1) is 0 Å².